The van der Waals surface area contributed by atoms with Crippen molar-refractivity contribution in [2.75, 3.05) is 51.8 Å². The Morgan fingerprint density at radius 2 is 1.87 bits per heavy atom. The molecule has 1 fully saturated rings. The summed E-state index contributed by atoms with van der Waals surface area (Å²) in [7, 11) is 3.37. The Morgan fingerprint density at radius 1 is 1.13 bits per heavy atom. The number of aliphatic imine (C=N–C) groups is 1. The first-order valence-corrected chi connectivity index (χ1v) is 10.1. The van der Waals surface area contributed by atoms with E-state index in [-0.39, 0.29) is 29.9 Å². The molecule has 1 amide bonds. The molecule has 9 nitrogen and oxygen atoms in total. The van der Waals surface area contributed by atoms with Gasteiger partial charge in [0.2, 0.25) is 11.9 Å². The van der Waals surface area contributed by atoms with Crippen molar-refractivity contribution in [3.63, 3.8) is 0 Å². The lowest BCUT2D eigenvalue weighted by Crippen LogP contribution is -2.50. The maximum atomic E-state index is 12.5. The molecular weight excluding hydrogens is 509 g/mol. The number of guanidine groups is 1. The molecule has 0 bridgehead atoms. The molecule has 0 saturated carbocycles. The van der Waals surface area contributed by atoms with Crippen molar-refractivity contribution in [2.45, 2.75) is 13.0 Å². The second-order valence-corrected chi connectivity index (χ2v) is 6.87. The van der Waals surface area contributed by atoms with Crippen LogP contribution in [0.25, 0.3) is 0 Å². The molecular formula is C21H30IN7O2. The highest BCUT2D eigenvalue weighted by molar-refractivity contribution is 14.0. The zero-order chi connectivity index (χ0) is 21.2. The molecule has 0 radical (unpaired) electrons. The molecule has 31 heavy (non-hydrogen) atoms. The van der Waals surface area contributed by atoms with Gasteiger partial charge < -0.3 is 25.2 Å². The van der Waals surface area contributed by atoms with Crippen LogP contribution in [0.4, 0.5) is 5.95 Å². The SMILES string of the molecule is CN=C(NCCC(=O)N1CCN(c2ncccn2)CC1)NCc1cccc(OC)c1.I. The maximum absolute atomic E-state index is 12.5. The third kappa shape index (κ3) is 7.53. The molecule has 0 aliphatic carbocycles. The van der Waals surface area contributed by atoms with Crippen LogP contribution in [0.2, 0.25) is 0 Å². The molecule has 1 aromatic heterocycles. The summed E-state index contributed by atoms with van der Waals surface area (Å²) >= 11 is 0. The van der Waals surface area contributed by atoms with E-state index >= 15 is 0 Å². The number of carbonyl (C=O) groups is 1. The molecule has 0 unspecified atom stereocenters. The minimum atomic E-state index is 0. The molecule has 1 saturated heterocycles. The van der Waals surface area contributed by atoms with Gasteiger partial charge in [-0.15, -0.1) is 24.0 Å². The van der Waals surface area contributed by atoms with Gasteiger partial charge in [0.05, 0.1) is 7.11 Å². The molecule has 3 rings (SSSR count). The number of hydrogen-bond donors (Lipinski definition) is 2. The monoisotopic (exact) mass is 539 g/mol. The number of benzene rings is 1. The van der Waals surface area contributed by atoms with Crippen LogP contribution in [0.3, 0.4) is 0 Å². The largest absolute Gasteiger partial charge is 0.497 e. The lowest BCUT2D eigenvalue weighted by atomic mass is 10.2. The minimum absolute atomic E-state index is 0. The number of amides is 1. The third-order valence-electron chi connectivity index (χ3n) is 4.92. The van der Waals surface area contributed by atoms with Crippen LogP contribution in [-0.2, 0) is 11.3 Å². The van der Waals surface area contributed by atoms with E-state index < -0.39 is 0 Å². The standard InChI is InChI=1S/C21H29N7O2.HI/c1-22-20(26-16-17-5-3-6-18(15-17)30-2)23-10-7-19(29)27-11-13-28(14-12-27)21-24-8-4-9-25-21;/h3-6,8-9,15H,7,10-14,16H2,1-2H3,(H2,22,23,26);1H. The summed E-state index contributed by atoms with van der Waals surface area (Å²) in [4.78, 5) is 29.3. The Balaban J connectivity index is 0.00000341. The number of ether oxygens (including phenoxy) is 1. The number of nitrogens with zero attached hydrogens (tertiary/aromatic N) is 5. The second kappa shape index (κ2) is 12.9. The van der Waals surface area contributed by atoms with E-state index in [9.17, 15) is 4.79 Å². The number of halogens is 1. The Bertz CT molecular complexity index is 843. The lowest BCUT2D eigenvalue weighted by molar-refractivity contribution is -0.131. The Morgan fingerprint density at radius 3 is 2.55 bits per heavy atom. The number of methoxy groups -OCH3 is 1. The number of piperazine rings is 1. The summed E-state index contributed by atoms with van der Waals surface area (Å²) in [5.74, 6) is 2.34. The molecule has 0 atom stereocenters. The molecule has 2 N–H and O–H groups in total. The van der Waals surface area contributed by atoms with Crippen LogP contribution in [0.5, 0.6) is 5.75 Å². The van der Waals surface area contributed by atoms with E-state index in [0.717, 1.165) is 30.4 Å². The van der Waals surface area contributed by atoms with Crippen LogP contribution in [-0.4, -0.2) is 73.6 Å². The summed E-state index contributed by atoms with van der Waals surface area (Å²) in [5, 5.41) is 6.45. The van der Waals surface area contributed by atoms with Gasteiger partial charge in [0.1, 0.15) is 5.75 Å². The van der Waals surface area contributed by atoms with E-state index in [0.29, 0.717) is 38.6 Å². The zero-order valence-electron chi connectivity index (χ0n) is 18.0. The van der Waals surface area contributed by atoms with Crippen molar-refractivity contribution in [3.05, 3.63) is 48.3 Å². The van der Waals surface area contributed by atoms with Gasteiger partial charge in [0.25, 0.3) is 0 Å². The Kier molecular flexibility index (Phi) is 10.3. The van der Waals surface area contributed by atoms with Crippen LogP contribution < -0.4 is 20.3 Å². The molecule has 168 valence electrons. The third-order valence-corrected chi connectivity index (χ3v) is 4.92. The molecule has 0 spiro atoms. The first kappa shape index (κ1) is 24.6. The molecule has 2 aromatic rings. The maximum Gasteiger partial charge on any atom is 0.225 e. The first-order valence-electron chi connectivity index (χ1n) is 10.1. The number of carbonyl (C=O) groups excluding carboxylic acids is 1. The number of hydrogen-bond acceptors (Lipinski definition) is 6. The van der Waals surface area contributed by atoms with Crippen molar-refractivity contribution < 1.29 is 9.53 Å². The van der Waals surface area contributed by atoms with Gasteiger partial charge in [-0.1, -0.05) is 12.1 Å². The summed E-state index contributed by atoms with van der Waals surface area (Å²) in [6, 6.07) is 9.66. The van der Waals surface area contributed by atoms with Gasteiger partial charge in [-0.05, 0) is 23.8 Å². The Hall–Kier alpha value is -2.63. The molecule has 10 heteroatoms. The number of rotatable bonds is 7. The fourth-order valence-electron chi connectivity index (χ4n) is 3.25. The average Bonchev–Trinajstić information content (AvgIpc) is 2.82. The van der Waals surface area contributed by atoms with Crippen molar-refractivity contribution in [2.24, 2.45) is 4.99 Å². The highest BCUT2D eigenvalue weighted by Gasteiger charge is 2.22. The van der Waals surface area contributed by atoms with Crippen LogP contribution in [0.15, 0.2) is 47.7 Å². The number of anilines is 1. The van der Waals surface area contributed by atoms with Gasteiger partial charge in [0.15, 0.2) is 5.96 Å². The second-order valence-electron chi connectivity index (χ2n) is 6.87. The number of nitrogens with one attached hydrogen (secondary N) is 2. The zero-order valence-corrected chi connectivity index (χ0v) is 20.3. The van der Waals surface area contributed by atoms with Crippen molar-refractivity contribution in [1.82, 2.24) is 25.5 Å². The van der Waals surface area contributed by atoms with Crippen molar-refractivity contribution >= 4 is 41.8 Å². The van der Waals surface area contributed by atoms with E-state index in [4.69, 9.17) is 4.74 Å². The highest BCUT2D eigenvalue weighted by Crippen LogP contribution is 2.12. The fraction of sp³-hybridized carbons (Fsp3) is 0.429. The normalized spacial score (nSPS) is 13.9. The molecule has 1 aliphatic heterocycles. The Labute approximate surface area is 200 Å². The van der Waals surface area contributed by atoms with Gasteiger partial charge >= 0.3 is 0 Å². The predicted molar refractivity (Wildman–Crippen MR) is 132 cm³/mol. The van der Waals surface area contributed by atoms with E-state index in [2.05, 4.69) is 30.5 Å². The molecule has 1 aromatic carbocycles. The van der Waals surface area contributed by atoms with Crippen LogP contribution in [0.1, 0.15) is 12.0 Å². The molecule has 2 heterocycles. The van der Waals surface area contributed by atoms with Gasteiger partial charge in [-0.3, -0.25) is 9.79 Å². The fourth-order valence-corrected chi connectivity index (χ4v) is 3.25. The van der Waals surface area contributed by atoms with Crippen LogP contribution >= 0.6 is 24.0 Å². The minimum Gasteiger partial charge on any atom is -0.497 e. The van der Waals surface area contributed by atoms with Gasteiger partial charge in [-0.25, -0.2) is 9.97 Å². The lowest BCUT2D eigenvalue weighted by Gasteiger charge is -2.34. The molecule has 1 aliphatic rings. The van der Waals surface area contributed by atoms with E-state index in [1.165, 1.54) is 0 Å². The summed E-state index contributed by atoms with van der Waals surface area (Å²) < 4.78 is 5.24. The summed E-state index contributed by atoms with van der Waals surface area (Å²) in [5.41, 5.74) is 1.09. The highest BCUT2D eigenvalue weighted by atomic mass is 127. The average molecular weight is 539 g/mol. The smallest absolute Gasteiger partial charge is 0.225 e. The topological polar surface area (TPSA) is 95.0 Å². The van der Waals surface area contributed by atoms with Crippen LogP contribution in [0, 0.1) is 0 Å². The van der Waals surface area contributed by atoms with Crippen molar-refractivity contribution in [1.29, 1.82) is 0 Å². The summed E-state index contributed by atoms with van der Waals surface area (Å²) in [6.45, 7) is 3.99. The van der Waals surface area contributed by atoms with Crippen molar-refractivity contribution in [3.8, 4) is 5.75 Å². The quantitative estimate of drug-likeness (QED) is 0.313. The predicted octanol–water partition coefficient (Wildman–Crippen LogP) is 1.51. The van der Waals surface area contributed by atoms with Gasteiger partial charge in [-0.2, -0.15) is 0 Å². The van der Waals surface area contributed by atoms with E-state index in [1.807, 2.05) is 29.2 Å². The number of aromatic nitrogens is 2. The van der Waals surface area contributed by atoms with E-state index in [1.54, 1.807) is 32.6 Å². The summed E-state index contributed by atoms with van der Waals surface area (Å²) in [6.07, 6.45) is 3.89. The van der Waals surface area contributed by atoms with Gasteiger partial charge in [0, 0.05) is 65.1 Å². The first-order chi connectivity index (χ1) is 14.7.